The molecule has 0 atom stereocenters. The third-order valence-corrected chi connectivity index (χ3v) is 12.4. The number of nitrogens with zero attached hydrogens (tertiary/aromatic N) is 1. The number of rotatable bonds is 4. The van der Waals surface area contributed by atoms with Crippen molar-refractivity contribution in [2.45, 2.75) is 38.5 Å². The molecule has 1 heterocycles. The molecular formula is C52H39NO. The predicted molar refractivity (Wildman–Crippen MR) is 226 cm³/mol. The SMILES string of the molecule is CC1(C)c2ccccc2-c2cc3c(cc21)-c1cc2ccc(N(c4ccccc4)c4cccc5c4oc4c(-c6ccccc6)cccc45)cc2cc1C3(C)C. The molecular weight excluding hydrogens is 655 g/mol. The smallest absolute Gasteiger partial charge is 0.159 e. The van der Waals surface area contributed by atoms with Gasteiger partial charge in [-0.05, 0) is 115 Å². The maximum atomic E-state index is 6.93. The molecule has 0 amide bonds. The van der Waals surface area contributed by atoms with Crippen LogP contribution in [0.5, 0.6) is 0 Å². The molecule has 0 saturated carbocycles. The normalized spacial score (nSPS) is 14.6. The predicted octanol–water partition coefficient (Wildman–Crippen LogP) is 14.5. The quantitative estimate of drug-likeness (QED) is 0.182. The van der Waals surface area contributed by atoms with Crippen LogP contribution in [-0.2, 0) is 10.8 Å². The average Bonchev–Trinajstić information content (AvgIpc) is 3.77. The van der Waals surface area contributed by atoms with E-state index in [0.717, 1.165) is 50.1 Å². The maximum absolute atomic E-state index is 6.93. The standard InChI is InChI=1S/C52H39NO/c1-51(2)44-23-12-11-19-38(44)42-30-47-43(31-46(42)51)41-28-33-25-26-36(27-34(33)29-45(41)52(47,3)4)53(35-17-9-6-10-18-35)48-24-14-22-40-39-21-13-20-37(49(39)54-50(40)48)32-15-7-5-8-16-32/h5-31H,1-4H3. The van der Waals surface area contributed by atoms with Gasteiger partial charge in [0.1, 0.15) is 5.58 Å². The Morgan fingerprint density at radius 3 is 1.76 bits per heavy atom. The minimum absolute atomic E-state index is 0.0354. The molecule has 2 heteroatoms. The lowest BCUT2D eigenvalue weighted by Crippen LogP contribution is -2.17. The van der Waals surface area contributed by atoms with Crippen molar-refractivity contribution in [1.29, 1.82) is 0 Å². The number of hydrogen-bond donors (Lipinski definition) is 0. The van der Waals surface area contributed by atoms with Crippen molar-refractivity contribution in [3.8, 4) is 33.4 Å². The molecule has 1 aromatic heterocycles. The molecule has 0 fully saturated rings. The van der Waals surface area contributed by atoms with E-state index in [4.69, 9.17) is 4.42 Å². The zero-order chi connectivity index (χ0) is 36.3. The second-order valence-electron chi connectivity index (χ2n) is 16.1. The lowest BCUT2D eigenvalue weighted by atomic mass is 9.79. The molecule has 0 saturated heterocycles. The number of benzene rings is 8. The van der Waals surface area contributed by atoms with Crippen molar-refractivity contribution in [2.75, 3.05) is 4.90 Å². The highest BCUT2D eigenvalue weighted by molar-refractivity contribution is 6.13. The fourth-order valence-corrected chi connectivity index (χ4v) is 9.63. The zero-order valence-corrected chi connectivity index (χ0v) is 30.9. The van der Waals surface area contributed by atoms with Crippen LogP contribution in [0.25, 0.3) is 66.1 Å². The minimum atomic E-state index is -0.138. The van der Waals surface area contributed by atoms with Gasteiger partial charge < -0.3 is 9.32 Å². The fourth-order valence-electron chi connectivity index (χ4n) is 9.63. The second kappa shape index (κ2) is 11.1. The van der Waals surface area contributed by atoms with Gasteiger partial charge in [-0.25, -0.2) is 0 Å². The molecule has 8 aromatic carbocycles. The topological polar surface area (TPSA) is 16.4 Å². The van der Waals surface area contributed by atoms with Gasteiger partial charge in [0.25, 0.3) is 0 Å². The Kier molecular flexibility index (Phi) is 6.39. The third-order valence-electron chi connectivity index (χ3n) is 12.4. The van der Waals surface area contributed by atoms with Crippen molar-refractivity contribution in [3.05, 3.63) is 186 Å². The molecule has 0 N–H and O–H groups in total. The molecule has 0 spiro atoms. The number of para-hydroxylation sites is 3. The Hall–Kier alpha value is -6.38. The molecule has 54 heavy (non-hydrogen) atoms. The van der Waals surface area contributed by atoms with Gasteiger partial charge in [0.15, 0.2) is 5.58 Å². The van der Waals surface area contributed by atoms with E-state index in [1.165, 1.54) is 55.3 Å². The molecule has 2 aliphatic carbocycles. The van der Waals surface area contributed by atoms with Crippen molar-refractivity contribution in [2.24, 2.45) is 0 Å². The number of hydrogen-bond acceptors (Lipinski definition) is 2. The Balaban J connectivity index is 1.08. The molecule has 11 rings (SSSR count). The van der Waals surface area contributed by atoms with Gasteiger partial charge in [0.2, 0.25) is 0 Å². The number of anilines is 3. The van der Waals surface area contributed by atoms with Gasteiger partial charge in [-0.3, -0.25) is 0 Å². The Morgan fingerprint density at radius 1 is 0.389 bits per heavy atom. The fraction of sp³-hybridized carbons (Fsp3) is 0.115. The van der Waals surface area contributed by atoms with Gasteiger partial charge in [-0.1, -0.05) is 137 Å². The second-order valence-corrected chi connectivity index (χ2v) is 16.1. The first-order valence-electron chi connectivity index (χ1n) is 19.0. The summed E-state index contributed by atoms with van der Waals surface area (Å²) in [6.45, 7) is 9.54. The summed E-state index contributed by atoms with van der Waals surface area (Å²) in [4.78, 5) is 2.35. The molecule has 2 nitrogen and oxygen atoms in total. The van der Waals surface area contributed by atoms with Crippen LogP contribution in [0.15, 0.2) is 168 Å². The van der Waals surface area contributed by atoms with E-state index >= 15 is 0 Å². The van der Waals surface area contributed by atoms with Crippen LogP contribution < -0.4 is 4.90 Å². The van der Waals surface area contributed by atoms with E-state index in [1.807, 2.05) is 0 Å². The van der Waals surface area contributed by atoms with Gasteiger partial charge in [-0.15, -0.1) is 0 Å². The van der Waals surface area contributed by atoms with Crippen LogP contribution >= 0.6 is 0 Å². The summed E-state index contributed by atoms with van der Waals surface area (Å²) >= 11 is 0. The Morgan fingerprint density at radius 2 is 0.981 bits per heavy atom. The molecule has 0 aliphatic heterocycles. The van der Waals surface area contributed by atoms with Crippen LogP contribution in [0.1, 0.15) is 49.9 Å². The first-order chi connectivity index (χ1) is 26.3. The van der Waals surface area contributed by atoms with E-state index in [2.05, 4.69) is 196 Å². The third kappa shape index (κ3) is 4.28. The maximum Gasteiger partial charge on any atom is 0.159 e. The minimum Gasteiger partial charge on any atom is -0.453 e. The van der Waals surface area contributed by atoms with E-state index < -0.39 is 0 Å². The van der Waals surface area contributed by atoms with Gasteiger partial charge in [0, 0.05) is 38.5 Å². The van der Waals surface area contributed by atoms with Crippen molar-refractivity contribution < 1.29 is 4.42 Å². The van der Waals surface area contributed by atoms with Crippen LogP contribution in [0.2, 0.25) is 0 Å². The molecule has 0 unspecified atom stereocenters. The zero-order valence-electron chi connectivity index (χ0n) is 30.9. The molecule has 9 aromatic rings. The van der Waals surface area contributed by atoms with Crippen molar-refractivity contribution in [1.82, 2.24) is 0 Å². The summed E-state index contributed by atoms with van der Waals surface area (Å²) in [5.74, 6) is 0. The van der Waals surface area contributed by atoms with Gasteiger partial charge in [0.05, 0.1) is 5.69 Å². The van der Waals surface area contributed by atoms with E-state index in [1.54, 1.807) is 0 Å². The highest BCUT2D eigenvalue weighted by atomic mass is 16.3. The number of fused-ring (bicyclic) bond motifs is 10. The summed E-state index contributed by atoms with van der Waals surface area (Å²) in [7, 11) is 0. The van der Waals surface area contributed by atoms with Crippen LogP contribution in [0, 0.1) is 0 Å². The summed E-state index contributed by atoms with van der Waals surface area (Å²) in [6, 6.07) is 60.0. The highest BCUT2D eigenvalue weighted by Gasteiger charge is 2.41. The first-order valence-corrected chi connectivity index (χ1v) is 19.0. The summed E-state index contributed by atoms with van der Waals surface area (Å²) < 4.78 is 6.93. The van der Waals surface area contributed by atoms with Crippen molar-refractivity contribution in [3.63, 3.8) is 0 Å². The van der Waals surface area contributed by atoms with E-state index in [9.17, 15) is 0 Å². The number of furan rings is 1. The average molecular weight is 694 g/mol. The Labute approximate surface area is 315 Å². The Bertz CT molecular complexity index is 2980. The highest BCUT2D eigenvalue weighted by Crippen LogP contribution is 2.56. The van der Waals surface area contributed by atoms with E-state index in [0.29, 0.717) is 0 Å². The summed E-state index contributed by atoms with van der Waals surface area (Å²) in [5, 5.41) is 4.70. The van der Waals surface area contributed by atoms with Crippen molar-refractivity contribution >= 4 is 49.8 Å². The van der Waals surface area contributed by atoms with Crippen LogP contribution in [0.3, 0.4) is 0 Å². The molecule has 0 radical (unpaired) electrons. The van der Waals surface area contributed by atoms with Crippen LogP contribution in [0.4, 0.5) is 17.1 Å². The first kappa shape index (κ1) is 31.2. The molecule has 258 valence electrons. The van der Waals surface area contributed by atoms with Gasteiger partial charge >= 0.3 is 0 Å². The molecule has 0 bridgehead atoms. The van der Waals surface area contributed by atoms with Gasteiger partial charge in [-0.2, -0.15) is 0 Å². The summed E-state index contributed by atoms with van der Waals surface area (Å²) in [6.07, 6.45) is 0. The largest absolute Gasteiger partial charge is 0.453 e. The lowest BCUT2D eigenvalue weighted by molar-refractivity contribution is 0.652. The van der Waals surface area contributed by atoms with E-state index in [-0.39, 0.29) is 10.8 Å². The monoisotopic (exact) mass is 693 g/mol. The molecule has 2 aliphatic rings. The lowest BCUT2D eigenvalue weighted by Gasteiger charge is -2.26. The summed E-state index contributed by atoms with van der Waals surface area (Å²) in [5.41, 5.74) is 18.2. The van der Waals surface area contributed by atoms with Crippen LogP contribution in [-0.4, -0.2) is 0 Å².